The van der Waals surface area contributed by atoms with Crippen LogP contribution in [0.5, 0.6) is 0 Å². The summed E-state index contributed by atoms with van der Waals surface area (Å²) in [6.07, 6.45) is 2.16. The fourth-order valence-electron chi connectivity index (χ4n) is 5.56. The Balaban J connectivity index is 1.71. The molecule has 2 atom stereocenters. The first-order valence-electron chi connectivity index (χ1n) is 10.4. The maximum atomic E-state index is 4.89. The molecule has 2 unspecified atom stereocenters. The average molecular weight is 379 g/mol. The predicted octanol–water partition coefficient (Wildman–Crippen LogP) is 7.21. The summed E-state index contributed by atoms with van der Waals surface area (Å²) in [4.78, 5) is 4.89. The molecule has 0 fully saturated rings. The highest BCUT2D eigenvalue weighted by molar-refractivity contribution is 6.17. The lowest BCUT2D eigenvalue weighted by atomic mass is 9.66. The number of fused-ring (bicyclic) bond motifs is 13. The molecule has 0 aromatic heterocycles. The Morgan fingerprint density at radius 2 is 1.47 bits per heavy atom. The SMILES string of the molecule is c1ccc2c(c#1)c1c(c3ccccc32)-c2ccccc2C2c3ccccc3N=CC12. The Morgan fingerprint density at radius 3 is 2.40 bits per heavy atom. The number of para-hydroxylation sites is 1. The van der Waals surface area contributed by atoms with Crippen molar-refractivity contribution in [3.05, 3.63) is 114 Å². The van der Waals surface area contributed by atoms with Crippen LogP contribution < -0.4 is 0 Å². The van der Waals surface area contributed by atoms with Crippen molar-refractivity contribution in [1.82, 2.24) is 0 Å². The summed E-state index contributed by atoms with van der Waals surface area (Å²) in [5, 5.41) is 4.99. The molecule has 138 valence electrons. The zero-order valence-corrected chi connectivity index (χ0v) is 16.3. The van der Waals surface area contributed by atoms with Gasteiger partial charge in [-0.2, -0.15) is 0 Å². The third kappa shape index (κ3) is 1.96. The first-order valence-corrected chi connectivity index (χ1v) is 10.4. The summed E-state index contributed by atoms with van der Waals surface area (Å²) in [6.45, 7) is 0. The van der Waals surface area contributed by atoms with Crippen LogP contribution >= 0.6 is 0 Å². The van der Waals surface area contributed by atoms with E-state index in [1.165, 1.54) is 49.4 Å². The second-order valence-corrected chi connectivity index (χ2v) is 8.15. The lowest BCUT2D eigenvalue weighted by molar-refractivity contribution is 0.742. The Labute approximate surface area is 175 Å². The van der Waals surface area contributed by atoms with Crippen molar-refractivity contribution < 1.29 is 0 Å². The molecule has 0 saturated heterocycles. The van der Waals surface area contributed by atoms with Crippen LogP contribution in [0, 0.1) is 12.1 Å². The first-order chi connectivity index (χ1) is 14.9. The van der Waals surface area contributed by atoms with Gasteiger partial charge in [0.05, 0.1) is 5.69 Å². The van der Waals surface area contributed by atoms with Gasteiger partial charge in [0.2, 0.25) is 0 Å². The molecule has 1 heterocycles. The van der Waals surface area contributed by atoms with E-state index in [2.05, 4.69) is 97.2 Å². The van der Waals surface area contributed by atoms with Crippen molar-refractivity contribution in [3.63, 3.8) is 0 Å². The summed E-state index contributed by atoms with van der Waals surface area (Å²) in [7, 11) is 0. The standard InChI is InChI=1S/C29H17N/c1-3-11-20-18(9-1)19-10-2-4-12-21(19)29-25-17-30-26-16-8-7-15-24(26)27(25)22-13-5-6-14-23(22)28(20)29/h1-3,5-11,13-17,25,27H. The highest BCUT2D eigenvalue weighted by atomic mass is 14.8. The molecule has 5 aromatic rings. The van der Waals surface area contributed by atoms with Crippen LogP contribution in [0.25, 0.3) is 32.7 Å². The summed E-state index contributed by atoms with van der Waals surface area (Å²) < 4.78 is 0. The van der Waals surface area contributed by atoms with Crippen LogP contribution in [-0.2, 0) is 0 Å². The number of benzene rings is 4. The maximum Gasteiger partial charge on any atom is 0.0664 e. The maximum absolute atomic E-state index is 4.89. The molecule has 0 N–H and O–H groups in total. The molecule has 1 aliphatic heterocycles. The van der Waals surface area contributed by atoms with E-state index in [0.717, 1.165) is 5.69 Å². The second kappa shape index (κ2) is 5.81. The molecule has 1 aliphatic carbocycles. The minimum atomic E-state index is 0.184. The van der Waals surface area contributed by atoms with Gasteiger partial charge < -0.3 is 0 Å². The van der Waals surface area contributed by atoms with Crippen molar-refractivity contribution >= 4 is 33.4 Å². The van der Waals surface area contributed by atoms with Crippen molar-refractivity contribution in [3.8, 4) is 11.1 Å². The lowest BCUT2D eigenvalue weighted by Crippen LogP contribution is -2.23. The molecule has 1 nitrogen and oxygen atoms in total. The van der Waals surface area contributed by atoms with E-state index in [9.17, 15) is 0 Å². The van der Waals surface area contributed by atoms with E-state index >= 15 is 0 Å². The molecule has 2 aliphatic rings. The quantitative estimate of drug-likeness (QED) is 0.270. The van der Waals surface area contributed by atoms with Gasteiger partial charge in [-0.05, 0) is 62.2 Å². The highest BCUT2D eigenvalue weighted by Gasteiger charge is 2.38. The Hall–Kier alpha value is -3.89. The van der Waals surface area contributed by atoms with Crippen LogP contribution in [-0.4, -0.2) is 6.21 Å². The molecule has 1 heteroatoms. The molecule has 0 bridgehead atoms. The molecule has 0 spiro atoms. The number of nitrogens with zero attached hydrogens (tertiary/aromatic N) is 1. The van der Waals surface area contributed by atoms with E-state index in [0.29, 0.717) is 0 Å². The molecular formula is C29H17N. The van der Waals surface area contributed by atoms with E-state index in [4.69, 9.17) is 4.99 Å². The topological polar surface area (TPSA) is 12.4 Å². The smallest absolute Gasteiger partial charge is 0.0664 e. The minimum absolute atomic E-state index is 0.184. The van der Waals surface area contributed by atoms with E-state index < -0.39 is 0 Å². The summed E-state index contributed by atoms with van der Waals surface area (Å²) >= 11 is 0. The zero-order chi connectivity index (χ0) is 19.7. The predicted molar refractivity (Wildman–Crippen MR) is 124 cm³/mol. The van der Waals surface area contributed by atoms with Crippen LogP contribution in [0.1, 0.15) is 28.5 Å². The summed E-state index contributed by atoms with van der Waals surface area (Å²) in [5.74, 6) is 0.448. The average Bonchev–Trinajstić information content (AvgIpc) is 2.83. The monoisotopic (exact) mass is 379 g/mol. The Bertz CT molecular complexity index is 1510. The van der Waals surface area contributed by atoms with E-state index in [1.54, 1.807) is 0 Å². The third-order valence-electron chi connectivity index (χ3n) is 6.73. The van der Waals surface area contributed by atoms with Crippen LogP contribution in [0.2, 0.25) is 0 Å². The number of aliphatic imine (C=N–C) groups is 1. The molecular weight excluding hydrogens is 362 g/mol. The van der Waals surface area contributed by atoms with Crippen LogP contribution in [0.4, 0.5) is 5.69 Å². The van der Waals surface area contributed by atoms with Gasteiger partial charge in [-0.25, -0.2) is 0 Å². The second-order valence-electron chi connectivity index (χ2n) is 8.15. The molecule has 5 aromatic carbocycles. The molecule has 7 rings (SSSR count). The minimum Gasteiger partial charge on any atom is -0.260 e. The molecule has 0 saturated carbocycles. The van der Waals surface area contributed by atoms with E-state index in [1.807, 2.05) is 6.07 Å². The van der Waals surface area contributed by atoms with Gasteiger partial charge in [0.1, 0.15) is 0 Å². The molecule has 30 heavy (non-hydrogen) atoms. The van der Waals surface area contributed by atoms with Gasteiger partial charge in [0.25, 0.3) is 0 Å². The Kier molecular flexibility index (Phi) is 3.09. The molecule has 0 radical (unpaired) electrons. The van der Waals surface area contributed by atoms with Crippen molar-refractivity contribution in [2.24, 2.45) is 4.99 Å². The van der Waals surface area contributed by atoms with Crippen molar-refractivity contribution in [2.45, 2.75) is 11.8 Å². The van der Waals surface area contributed by atoms with Gasteiger partial charge in [-0.3, -0.25) is 4.99 Å². The third-order valence-corrected chi connectivity index (χ3v) is 6.73. The highest BCUT2D eigenvalue weighted by Crippen LogP contribution is 2.56. The number of hydrogen-bond acceptors (Lipinski definition) is 1. The molecule has 0 amide bonds. The zero-order valence-electron chi connectivity index (χ0n) is 16.3. The number of rotatable bonds is 0. The number of hydrogen-bond donors (Lipinski definition) is 0. The largest absolute Gasteiger partial charge is 0.260 e. The van der Waals surface area contributed by atoms with Crippen molar-refractivity contribution in [1.29, 1.82) is 0 Å². The van der Waals surface area contributed by atoms with Crippen molar-refractivity contribution in [2.75, 3.05) is 0 Å². The van der Waals surface area contributed by atoms with E-state index in [-0.39, 0.29) is 11.8 Å². The Morgan fingerprint density at radius 1 is 0.700 bits per heavy atom. The summed E-state index contributed by atoms with van der Waals surface area (Å²) in [5.41, 5.74) is 7.77. The van der Waals surface area contributed by atoms with Crippen LogP contribution in [0.3, 0.4) is 0 Å². The lowest BCUT2D eigenvalue weighted by Gasteiger charge is -2.37. The fraction of sp³-hybridized carbons (Fsp3) is 0.0690. The van der Waals surface area contributed by atoms with Crippen LogP contribution in [0.15, 0.2) is 89.9 Å². The van der Waals surface area contributed by atoms with Gasteiger partial charge in [0.15, 0.2) is 0 Å². The van der Waals surface area contributed by atoms with Gasteiger partial charge >= 0.3 is 0 Å². The normalized spacial score (nSPS) is 18.3. The fourth-order valence-corrected chi connectivity index (χ4v) is 5.56. The van der Waals surface area contributed by atoms with Gasteiger partial charge in [-0.1, -0.05) is 78.9 Å². The first kappa shape index (κ1) is 16.0. The van der Waals surface area contributed by atoms with Gasteiger partial charge in [-0.15, -0.1) is 0 Å². The summed E-state index contributed by atoms with van der Waals surface area (Å²) in [6, 6.07) is 37.1. The van der Waals surface area contributed by atoms with Gasteiger partial charge in [0, 0.05) is 23.4 Å².